The van der Waals surface area contributed by atoms with Crippen molar-refractivity contribution in [1.82, 2.24) is 19.6 Å². The molecule has 2 atom stereocenters. The molecule has 8 heteroatoms. The van der Waals surface area contributed by atoms with Gasteiger partial charge in [0.1, 0.15) is 11.3 Å². The number of amides is 3. The van der Waals surface area contributed by atoms with Gasteiger partial charge in [-0.2, -0.15) is 0 Å². The van der Waals surface area contributed by atoms with Crippen LogP contribution in [0.2, 0.25) is 0 Å². The van der Waals surface area contributed by atoms with Gasteiger partial charge in [-0.05, 0) is 36.1 Å². The summed E-state index contributed by atoms with van der Waals surface area (Å²) in [6, 6.07) is 7.71. The summed E-state index contributed by atoms with van der Waals surface area (Å²) >= 11 is 0. The molecule has 1 aromatic rings. The molecule has 1 aromatic carbocycles. The van der Waals surface area contributed by atoms with E-state index in [4.69, 9.17) is 9.47 Å². The second-order valence-electron chi connectivity index (χ2n) is 10.1. The SMILES string of the molecule is COCCN1C(=O)N(Cc2cccc(OC)c2)C(=O)C12CCN(CC1=CN(C)C3C=CC=CC13)CC2. The molecule has 4 aliphatic rings. The second kappa shape index (κ2) is 10.1. The number of carbonyl (C=O) groups excluding carboxylic acids is 2. The van der Waals surface area contributed by atoms with E-state index in [2.05, 4.69) is 47.4 Å². The van der Waals surface area contributed by atoms with E-state index in [0.29, 0.717) is 43.7 Å². The van der Waals surface area contributed by atoms with Gasteiger partial charge in [-0.15, -0.1) is 0 Å². The van der Waals surface area contributed by atoms with Crippen molar-refractivity contribution in [3.05, 3.63) is 65.9 Å². The normalized spacial score (nSPS) is 25.2. The molecule has 3 amide bonds. The van der Waals surface area contributed by atoms with Crippen LogP contribution in [0.4, 0.5) is 4.79 Å². The first-order valence-corrected chi connectivity index (χ1v) is 12.7. The molecule has 8 nitrogen and oxygen atoms in total. The number of nitrogens with zero attached hydrogens (tertiary/aromatic N) is 4. The Bertz CT molecular complexity index is 1090. The predicted octanol–water partition coefficient (Wildman–Crippen LogP) is 2.88. The molecule has 192 valence electrons. The maximum absolute atomic E-state index is 13.8. The minimum Gasteiger partial charge on any atom is -0.497 e. The Morgan fingerprint density at radius 1 is 1.06 bits per heavy atom. The van der Waals surface area contributed by atoms with Crippen molar-refractivity contribution in [2.75, 3.05) is 54.1 Å². The van der Waals surface area contributed by atoms with Gasteiger partial charge in [0.15, 0.2) is 0 Å². The quantitative estimate of drug-likeness (QED) is 0.520. The lowest BCUT2D eigenvalue weighted by Gasteiger charge is -2.42. The van der Waals surface area contributed by atoms with Crippen LogP contribution in [0.1, 0.15) is 18.4 Å². The highest BCUT2D eigenvalue weighted by molar-refractivity contribution is 6.07. The van der Waals surface area contributed by atoms with Crippen LogP contribution in [0, 0.1) is 5.92 Å². The molecular weight excluding hydrogens is 456 g/mol. The van der Waals surface area contributed by atoms with Gasteiger partial charge in [-0.1, -0.05) is 36.4 Å². The minimum atomic E-state index is -0.804. The van der Waals surface area contributed by atoms with Gasteiger partial charge >= 0.3 is 6.03 Å². The molecule has 36 heavy (non-hydrogen) atoms. The third-order valence-corrected chi connectivity index (χ3v) is 8.08. The van der Waals surface area contributed by atoms with E-state index >= 15 is 0 Å². The number of allylic oxidation sites excluding steroid dienone is 2. The van der Waals surface area contributed by atoms with Gasteiger partial charge in [0.2, 0.25) is 0 Å². The Labute approximate surface area is 213 Å². The Kier molecular flexibility index (Phi) is 6.90. The maximum Gasteiger partial charge on any atom is 0.328 e. The predicted molar refractivity (Wildman–Crippen MR) is 137 cm³/mol. The van der Waals surface area contributed by atoms with Crippen molar-refractivity contribution >= 4 is 11.9 Å². The van der Waals surface area contributed by atoms with Gasteiger partial charge in [-0.3, -0.25) is 14.6 Å². The van der Waals surface area contributed by atoms with Crippen molar-refractivity contribution in [3.63, 3.8) is 0 Å². The molecule has 3 aliphatic heterocycles. The van der Waals surface area contributed by atoms with Crippen LogP contribution in [0.25, 0.3) is 0 Å². The molecule has 2 unspecified atom stereocenters. The van der Waals surface area contributed by atoms with Gasteiger partial charge in [0.05, 0.1) is 26.3 Å². The average molecular weight is 493 g/mol. The summed E-state index contributed by atoms with van der Waals surface area (Å²) in [5.74, 6) is 1.02. The molecule has 0 saturated carbocycles. The van der Waals surface area contributed by atoms with Crippen LogP contribution >= 0.6 is 0 Å². The van der Waals surface area contributed by atoms with Gasteiger partial charge in [-0.25, -0.2) is 4.79 Å². The Morgan fingerprint density at radius 3 is 2.58 bits per heavy atom. The number of carbonyl (C=O) groups is 2. The van der Waals surface area contributed by atoms with Crippen LogP contribution in [0.3, 0.4) is 0 Å². The lowest BCUT2D eigenvalue weighted by molar-refractivity contribution is -0.136. The summed E-state index contributed by atoms with van der Waals surface area (Å²) in [5.41, 5.74) is 1.48. The maximum atomic E-state index is 13.8. The van der Waals surface area contributed by atoms with E-state index in [0.717, 1.165) is 25.2 Å². The minimum absolute atomic E-state index is 0.0914. The van der Waals surface area contributed by atoms with E-state index in [1.807, 2.05) is 24.3 Å². The fourth-order valence-corrected chi connectivity index (χ4v) is 6.10. The van der Waals surface area contributed by atoms with Crippen LogP contribution in [-0.4, -0.2) is 97.2 Å². The number of rotatable bonds is 8. The number of hydrogen-bond donors (Lipinski definition) is 0. The second-order valence-corrected chi connectivity index (χ2v) is 10.1. The third-order valence-electron chi connectivity index (χ3n) is 8.08. The van der Waals surface area contributed by atoms with E-state index in [-0.39, 0.29) is 18.5 Å². The molecule has 2 saturated heterocycles. The lowest BCUT2D eigenvalue weighted by atomic mass is 9.85. The molecule has 2 fully saturated rings. The first-order chi connectivity index (χ1) is 17.5. The van der Waals surface area contributed by atoms with Crippen molar-refractivity contribution in [2.45, 2.75) is 31.0 Å². The fraction of sp³-hybridized carbons (Fsp3) is 0.500. The van der Waals surface area contributed by atoms with Crippen LogP contribution in [0.5, 0.6) is 5.75 Å². The molecule has 5 rings (SSSR count). The lowest BCUT2D eigenvalue weighted by Crippen LogP contribution is -2.57. The van der Waals surface area contributed by atoms with Gasteiger partial charge in [0.25, 0.3) is 5.91 Å². The monoisotopic (exact) mass is 492 g/mol. The number of hydrogen-bond acceptors (Lipinski definition) is 6. The summed E-state index contributed by atoms with van der Waals surface area (Å²) in [6.07, 6.45) is 12.3. The number of methoxy groups -OCH3 is 2. The molecule has 0 aromatic heterocycles. The highest BCUT2D eigenvalue weighted by atomic mass is 16.5. The molecule has 3 heterocycles. The molecule has 0 radical (unpaired) electrons. The molecule has 0 N–H and O–H groups in total. The number of fused-ring (bicyclic) bond motifs is 1. The zero-order chi connectivity index (χ0) is 25.3. The van der Waals surface area contributed by atoms with Crippen molar-refractivity contribution < 1.29 is 19.1 Å². The number of likely N-dealkylation sites (N-methyl/N-ethyl adjacent to an activating group) is 1. The smallest absolute Gasteiger partial charge is 0.328 e. The summed E-state index contributed by atoms with van der Waals surface area (Å²) in [6.45, 7) is 3.48. The summed E-state index contributed by atoms with van der Waals surface area (Å²) < 4.78 is 10.6. The average Bonchev–Trinajstić information content (AvgIpc) is 3.31. The number of piperidine rings is 1. The topological polar surface area (TPSA) is 65.6 Å². The molecule has 0 bridgehead atoms. The Balaban J connectivity index is 1.30. The fourth-order valence-electron chi connectivity index (χ4n) is 6.10. The number of ether oxygens (including phenoxy) is 2. The third kappa shape index (κ3) is 4.33. The largest absolute Gasteiger partial charge is 0.497 e. The van der Waals surface area contributed by atoms with Crippen LogP contribution in [0.15, 0.2) is 60.3 Å². The van der Waals surface area contributed by atoms with E-state index < -0.39 is 5.54 Å². The molecule has 1 spiro atoms. The van der Waals surface area contributed by atoms with E-state index in [1.54, 1.807) is 19.1 Å². The molecular formula is C28H36N4O4. The number of imide groups is 1. The first kappa shape index (κ1) is 24.6. The number of likely N-dealkylation sites (tertiary alicyclic amines) is 1. The first-order valence-electron chi connectivity index (χ1n) is 12.7. The van der Waals surface area contributed by atoms with Gasteiger partial charge < -0.3 is 19.3 Å². The summed E-state index contributed by atoms with van der Waals surface area (Å²) in [4.78, 5) is 35.2. The van der Waals surface area contributed by atoms with E-state index in [9.17, 15) is 9.59 Å². The van der Waals surface area contributed by atoms with Crippen LogP contribution in [-0.2, 0) is 16.1 Å². The van der Waals surface area contributed by atoms with Crippen molar-refractivity contribution in [2.24, 2.45) is 5.92 Å². The standard InChI is InChI=1S/C28H36N4O4/c1-29-19-22(24-9-4-5-10-25(24)29)20-30-13-11-28(12-14-30)26(33)31(27(34)32(28)15-16-35-2)18-21-7-6-8-23(17-21)36-3/h4-10,17,19,24-25H,11-16,18,20H2,1-3H3. The Morgan fingerprint density at radius 2 is 1.83 bits per heavy atom. The number of urea groups is 1. The zero-order valence-electron chi connectivity index (χ0n) is 21.4. The molecule has 1 aliphatic carbocycles. The highest BCUT2D eigenvalue weighted by Crippen LogP contribution is 2.39. The van der Waals surface area contributed by atoms with Crippen LogP contribution < -0.4 is 4.74 Å². The number of benzene rings is 1. The van der Waals surface area contributed by atoms with E-state index in [1.165, 1.54) is 10.5 Å². The summed E-state index contributed by atoms with van der Waals surface area (Å²) in [5, 5.41) is 0. The van der Waals surface area contributed by atoms with Gasteiger partial charge in [0, 0.05) is 52.5 Å². The van der Waals surface area contributed by atoms with Crippen molar-refractivity contribution in [3.8, 4) is 5.75 Å². The zero-order valence-corrected chi connectivity index (χ0v) is 21.4. The summed E-state index contributed by atoms with van der Waals surface area (Å²) in [7, 11) is 5.37. The van der Waals surface area contributed by atoms with Crippen molar-refractivity contribution in [1.29, 1.82) is 0 Å². The Hall–Kier alpha value is -3.10. The highest BCUT2D eigenvalue weighted by Gasteiger charge is 2.57.